The maximum Gasteiger partial charge on any atom is 0.194 e. The van der Waals surface area contributed by atoms with Gasteiger partial charge in [-0.2, -0.15) is 0 Å². The number of hydrogen-bond donors (Lipinski definition) is 5. The topological polar surface area (TPSA) is 138 Å². The molecule has 0 unspecified atom stereocenters. The standard InChI is InChI=1S/C20H24N6O3/c1-22-20(21)26-19-14-5-4-13(23-7-8-27)11-15(14)24-18(25-19)10-12-3-6-16(28)17(9-12)29-2/h3-6,9,11,23,27-28H,7-8,10H2,1-2H3,(H3,21,22,24,25,26). The largest absolute Gasteiger partial charge is 0.504 e. The Bertz CT molecular complexity index is 1040. The van der Waals surface area contributed by atoms with Gasteiger partial charge in [0.1, 0.15) is 11.6 Å². The Morgan fingerprint density at radius 2 is 2.03 bits per heavy atom. The average molecular weight is 396 g/mol. The van der Waals surface area contributed by atoms with Crippen LogP contribution in [0.2, 0.25) is 0 Å². The molecule has 0 aliphatic heterocycles. The van der Waals surface area contributed by atoms with E-state index in [0.29, 0.717) is 30.4 Å². The van der Waals surface area contributed by atoms with Gasteiger partial charge >= 0.3 is 0 Å². The van der Waals surface area contributed by atoms with Crippen molar-refractivity contribution in [3.8, 4) is 11.5 Å². The number of ether oxygens (including phenoxy) is 1. The number of nitrogens with zero attached hydrogens (tertiary/aromatic N) is 3. The van der Waals surface area contributed by atoms with Crippen LogP contribution in [-0.2, 0) is 6.42 Å². The lowest BCUT2D eigenvalue weighted by Gasteiger charge is -2.12. The van der Waals surface area contributed by atoms with Crippen LogP contribution in [0.4, 0.5) is 11.5 Å². The molecule has 152 valence electrons. The zero-order valence-corrected chi connectivity index (χ0v) is 16.3. The number of nitrogens with two attached hydrogens (primary N) is 1. The van der Waals surface area contributed by atoms with Crippen molar-refractivity contribution in [2.45, 2.75) is 6.42 Å². The first-order valence-corrected chi connectivity index (χ1v) is 9.04. The molecule has 9 heteroatoms. The predicted molar refractivity (Wildman–Crippen MR) is 114 cm³/mol. The van der Waals surface area contributed by atoms with E-state index in [-0.39, 0.29) is 18.3 Å². The predicted octanol–water partition coefficient (Wildman–Crippen LogP) is 1.70. The van der Waals surface area contributed by atoms with Gasteiger partial charge in [-0.3, -0.25) is 4.99 Å². The summed E-state index contributed by atoms with van der Waals surface area (Å²) in [6.07, 6.45) is 0.429. The summed E-state index contributed by atoms with van der Waals surface area (Å²) in [7, 11) is 3.09. The number of aliphatic hydroxyl groups is 1. The Kier molecular flexibility index (Phi) is 6.30. The molecular formula is C20H24N6O3. The molecule has 1 aromatic heterocycles. The number of aromatic hydroxyl groups is 1. The first-order chi connectivity index (χ1) is 14.0. The molecule has 0 fully saturated rings. The number of benzene rings is 2. The van der Waals surface area contributed by atoms with Crippen LogP contribution < -0.4 is 21.1 Å². The maximum absolute atomic E-state index is 9.80. The second-order valence-electron chi connectivity index (χ2n) is 6.29. The monoisotopic (exact) mass is 396 g/mol. The van der Waals surface area contributed by atoms with Gasteiger partial charge in [-0.15, -0.1) is 0 Å². The van der Waals surface area contributed by atoms with E-state index < -0.39 is 0 Å². The van der Waals surface area contributed by atoms with Crippen molar-refractivity contribution in [1.29, 1.82) is 0 Å². The molecule has 29 heavy (non-hydrogen) atoms. The minimum absolute atomic E-state index is 0.0338. The van der Waals surface area contributed by atoms with Gasteiger partial charge in [0.15, 0.2) is 17.5 Å². The van der Waals surface area contributed by atoms with Crippen molar-refractivity contribution < 1.29 is 14.9 Å². The van der Waals surface area contributed by atoms with Crippen LogP contribution in [0.5, 0.6) is 11.5 Å². The second-order valence-corrected chi connectivity index (χ2v) is 6.29. The van der Waals surface area contributed by atoms with Crippen LogP contribution in [0, 0.1) is 0 Å². The number of guanidine groups is 1. The molecule has 3 aromatic rings. The molecule has 1 heterocycles. The number of phenols is 1. The number of aliphatic hydroxyl groups excluding tert-OH is 1. The first-order valence-electron chi connectivity index (χ1n) is 9.04. The van der Waals surface area contributed by atoms with E-state index in [9.17, 15) is 5.11 Å². The van der Waals surface area contributed by atoms with Gasteiger partial charge in [-0.25, -0.2) is 9.97 Å². The zero-order valence-electron chi connectivity index (χ0n) is 16.3. The van der Waals surface area contributed by atoms with Gasteiger partial charge < -0.3 is 31.3 Å². The molecule has 0 bridgehead atoms. The van der Waals surface area contributed by atoms with Gasteiger partial charge in [0.25, 0.3) is 0 Å². The summed E-state index contributed by atoms with van der Waals surface area (Å²) in [5.41, 5.74) is 8.28. The molecular weight excluding hydrogens is 372 g/mol. The molecule has 6 N–H and O–H groups in total. The molecule has 3 rings (SSSR count). The fourth-order valence-electron chi connectivity index (χ4n) is 2.85. The molecule has 0 saturated heterocycles. The number of phenolic OH excluding ortho intramolecular Hbond substituents is 1. The van der Waals surface area contributed by atoms with Crippen LogP contribution >= 0.6 is 0 Å². The van der Waals surface area contributed by atoms with Crippen molar-refractivity contribution in [2.24, 2.45) is 10.7 Å². The van der Waals surface area contributed by atoms with Crippen LogP contribution in [-0.4, -0.2) is 53.4 Å². The fraction of sp³-hybridized carbons (Fsp3) is 0.250. The normalized spacial score (nSPS) is 11.5. The number of anilines is 2. The van der Waals surface area contributed by atoms with Crippen molar-refractivity contribution in [3.63, 3.8) is 0 Å². The third-order valence-electron chi connectivity index (χ3n) is 4.28. The van der Waals surface area contributed by atoms with E-state index in [0.717, 1.165) is 22.2 Å². The third-order valence-corrected chi connectivity index (χ3v) is 4.28. The molecule has 0 amide bonds. The van der Waals surface area contributed by atoms with Gasteiger partial charge in [-0.05, 0) is 35.9 Å². The minimum atomic E-state index is 0.0338. The number of aromatic nitrogens is 2. The number of nitrogens with one attached hydrogen (secondary N) is 2. The highest BCUT2D eigenvalue weighted by Crippen LogP contribution is 2.28. The highest BCUT2D eigenvalue weighted by molar-refractivity contribution is 6.00. The maximum atomic E-state index is 9.80. The van der Waals surface area contributed by atoms with E-state index in [4.69, 9.17) is 15.6 Å². The second kappa shape index (κ2) is 9.07. The number of fused-ring (bicyclic) bond motifs is 1. The van der Waals surface area contributed by atoms with E-state index in [1.165, 1.54) is 7.11 Å². The summed E-state index contributed by atoms with van der Waals surface area (Å²) in [6.45, 7) is 0.476. The molecule has 0 aliphatic rings. The number of rotatable bonds is 7. The van der Waals surface area contributed by atoms with Crippen LogP contribution in [0.25, 0.3) is 10.9 Å². The minimum Gasteiger partial charge on any atom is -0.504 e. The van der Waals surface area contributed by atoms with E-state index in [1.807, 2.05) is 18.2 Å². The van der Waals surface area contributed by atoms with E-state index in [2.05, 4.69) is 25.6 Å². The number of aliphatic imine (C=N–C) groups is 1. The van der Waals surface area contributed by atoms with Gasteiger partial charge in [0.05, 0.1) is 19.2 Å². The highest BCUT2D eigenvalue weighted by atomic mass is 16.5. The lowest BCUT2D eigenvalue weighted by atomic mass is 10.1. The summed E-state index contributed by atoms with van der Waals surface area (Å²) in [5, 5.41) is 25.7. The van der Waals surface area contributed by atoms with Crippen LogP contribution in [0.15, 0.2) is 41.4 Å². The summed E-state index contributed by atoms with van der Waals surface area (Å²) in [5.74, 6) is 1.82. The summed E-state index contributed by atoms with van der Waals surface area (Å²) in [4.78, 5) is 13.2. The third kappa shape index (κ3) is 4.82. The average Bonchev–Trinajstić information content (AvgIpc) is 2.73. The molecule has 2 aromatic carbocycles. The van der Waals surface area contributed by atoms with Crippen molar-refractivity contribution in [2.75, 3.05) is 37.9 Å². The van der Waals surface area contributed by atoms with E-state index >= 15 is 0 Å². The number of methoxy groups -OCH3 is 1. The molecule has 0 aliphatic carbocycles. The molecule has 9 nitrogen and oxygen atoms in total. The van der Waals surface area contributed by atoms with Crippen molar-refractivity contribution >= 4 is 28.4 Å². The van der Waals surface area contributed by atoms with Gasteiger partial charge in [-0.1, -0.05) is 6.07 Å². The van der Waals surface area contributed by atoms with Crippen LogP contribution in [0.1, 0.15) is 11.4 Å². The first kappa shape index (κ1) is 20.2. The summed E-state index contributed by atoms with van der Waals surface area (Å²) < 4.78 is 5.17. The number of hydrogen-bond acceptors (Lipinski definition) is 7. The van der Waals surface area contributed by atoms with Crippen molar-refractivity contribution in [3.05, 3.63) is 47.8 Å². The zero-order chi connectivity index (χ0) is 20.8. The molecule has 0 radical (unpaired) electrons. The Morgan fingerprint density at radius 3 is 2.76 bits per heavy atom. The fourth-order valence-corrected chi connectivity index (χ4v) is 2.85. The summed E-state index contributed by atoms with van der Waals surface area (Å²) >= 11 is 0. The molecule has 0 saturated carbocycles. The Hall–Kier alpha value is -3.59. The Labute approximate surface area is 168 Å². The van der Waals surface area contributed by atoms with Gasteiger partial charge in [0, 0.05) is 31.1 Å². The SMILES string of the molecule is CN=C(N)Nc1nc(Cc2ccc(O)c(OC)c2)nc2cc(NCCO)ccc12. The van der Waals surface area contributed by atoms with Gasteiger partial charge in [0.2, 0.25) is 0 Å². The van der Waals surface area contributed by atoms with Crippen molar-refractivity contribution in [1.82, 2.24) is 9.97 Å². The Balaban J connectivity index is 2.03. The highest BCUT2D eigenvalue weighted by Gasteiger charge is 2.11. The van der Waals surface area contributed by atoms with Crippen LogP contribution in [0.3, 0.4) is 0 Å². The summed E-state index contributed by atoms with van der Waals surface area (Å²) in [6, 6.07) is 10.8. The molecule has 0 atom stereocenters. The lowest BCUT2D eigenvalue weighted by molar-refractivity contribution is 0.311. The van der Waals surface area contributed by atoms with E-state index in [1.54, 1.807) is 25.2 Å². The quantitative estimate of drug-likeness (QED) is 0.300. The lowest BCUT2D eigenvalue weighted by Crippen LogP contribution is -2.23. The Morgan fingerprint density at radius 1 is 1.21 bits per heavy atom. The smallest absolute Gasteiger partial charge is 0.194 e. The molecule has 0 spiro atoms.